The Labute approximate surface area is 84.2 Å². The second kappa shape index (κ2) is 4.07. The highest BCUT2D eigenvalue weighted by Crippen LogP contribution is 2.30. The third-order valence-corrected chi connectivity index (χ3v) is 2.88. The molecule has 0 amide bonds. The first kappa shape index (κ1) is 9.62. The van der Waals surface area contributed by atoms with Crippen molar-refractivity contribution in [3.05, 3.63) is 24.3 Å². The van der Waals surface area contributed by atoms with Crippen molar-refractivity contribution in [1.82, 2.24) is 5.32 Å². The number of rotatable bonds is 3. The van der Waals surface area contributed by atoms with E-state index in [1.54, 1.807) is 0 Å². The van der Waals surface area contributed by atoms with Crippen molar-refractivity contribution in [2.75, 3.05) is 13.6 Å². The van der Waals surface area contributed by atoms with Crippen molar-refractivity contribution in [2.24, 2.45) is 16.8 Å². The van der Waals surface area contributed by atoms with Gasteiger partial charge in [0.2, 0.25) is 0 Å². The monoisotopic (exact) mass is 192 g/mol. The molecule has 4 atom stereocenters. The zero-order chi connectivity index (χ0) is 9.97. The van der Waals surface area contributed by atoms with E-state index in [1.807, 2.05) is 25.4 Å². The molecule has 2 rings (SSSR count). The fourth-order valence-electron chi connectivity index (χ4n) is 2.12. The van der Waals surface area contributed by atoms with Crippen molar-refractivity contribution in [1.29, 1.82) is 0 Å². The molecule has 1 heterocycles. The summed E-state index contributed by atoms with van der Waals surface area (Å²) < 4.78 is 0. The SMILES string of the molecule is CNCC(O)C1C=NC2C=CC=CC21. The molecule has 0 saturated carbocycles. The molecule has 2 N–H and O–H groups in total. The fraction of sp³-hybridized carbons (Fsp3) is 0.545. The lowest BCUT2D eigenvalue weighted by Gasteiger charge is -2.24. The van der Waals surface area contributed by atoms with Crippen LogP contribution < -0.4 is 5.32 Å². The highest BCUT2D eigenvalue weighted by Gasteiger charge is 2.34. The van der Waals surface area contributed by atoms with Crippen LogP contribution in [0.2, 0.25) is 0 Å². The lowest BCUT2D eigenvalue weighted by molar-refractivity contribution is 0.124. The van der Waals surface area contributed by atoms with Crippen molar-refractivity contribution >= 4 is 6.21 Å². The minimum atomic E-state index is -0.338. The minimum Gasteiger partial charge on any atom is -0.391 e. The molecular weight excluding hydrogens is 176 g/mol. The Kier molecular flexibility index (Phi) is 2.79. The van der Waals surface area contributed by atoms with Crippen molar-refractivity contribution < 1.29 is 5.11 Å². The Balaban J connectivity index is 2.05. The van der Waals surface area contributed by atoms with E-state index in [0.717, 1.165) is 0 Å². The summed E-state index contributed by atoms with van der Waals surface area (Å²) in [4.78, 5) is 4.39. The van der Waals surface area contributed by atoms with E-state index in [1.165, 1.54) is 0 Å². The summed E-state index contributed by atoms with van der Waals surface area (Å²) in [5, 5.41) is 12.9. The lowest BCUT2D eigenvalue weighted by Crippen LogP contribution is -2.36. The first-order valence-corrected chi connectivity index (χ1v) is 5.04. The van der Waals surface area contributed by atoms with Crippen LogP contribution in [0.1, 0.15) is 0 Å². The molecule has 0 radical (unpaired) electrons. The molecule has 2 aliphatic rings. The molecule has 1 aliphatic carbocycles. The maximum Gasteiger partial charge on any atom is 0.0749 e. The van der Waals surface area contributed by atoms with E-state index in [9.17, 15) is 5.11 Å². The molecular formula is C11H16N2O. The molecule has 14 heavy (non-hydrogen) atoms. The Morgan fingerprint density at radius 1 is 1.43 bits per heavy atom. The van der Waals surface area contributed by atoms with Gasteiger partial charge in [0.15, 0.2) is 0 Å². The highest BCUT2D eigenvalue weighted by atomic mass is 16.3. The first-order valence-electron chi connectivity index (χ1n) is 5.04. The fourth-order valence-corrected chi connectivity index (χ4v) is 2.12. The van der Waals surface area contributed by atoms with E-state index in [4.69, 9.17) is 0 Å². The van der Waals surface area contributed by atoms with Crippen LogP contribution in [-0.4, -0.2) is 37.1 Å². The van der Waals surface area contributed by atoms with Gasteiger partial charge in [0.1, 0.15) is 0 Å². The summed E-state index contributed by atoms with van der Waals surface area (Å²) in [6, 6.07) is 0.247. The topological polar surface area (TPSA) is 44.6 Å². The quantitative estimate of drug-likeness (QED) is 0.679. The number of fused-ring (bicyclic) bond motifs is 1. The van der Waals surface area contributed by atoms with Gasteiger partial charge in [0.25, 0.3) is 0 Å². The van der Waals surface area contributed by atoms with Gasteiger partial charge < -0.3 is 10.4 Å². The van der Waals surface area contributed by atoms with Gasteiger partial charge in [0.05, 0.1) is 12.1 Å². The van der Waals surface area contributed by atoms with E-state index in [-0.39, 0.29) is 18.1 Å². The Morgan fingerprint density at radius 2 is 2.21 bits per heavy atom. The zero-order valence-electron chi connectivity index (χ0n) is 8.30. The molecule has 0 saturated heterocycles. The summed E-state index contributed by atoms with van der Waals surface area (Å²) in [7, 11) is 1.85. The largest absolute Gasteiger partial charge is 0.391 e. The van der Waals surface area contributed by atoms with Crippen molar-refractivity contribution in [3.63, 3.8) is 0 Å². The molecule has 0 aromatic carbocycles. The van der Waals surface area contributed by atoms with Gasteiger partial charge in [0, 0.05) is 24.6 Å². The third kappa shape index (κ3) is 1.65. The second-order valence-corrected chi connectivity index (χ2v) is 3.84. The standard InChI is InChI=1S/C11H16N2O/c1-12-7-11(14)9-6-13-10-5-3-2-4-8(9)10/h2-6,8-12,14H,7H2,1H3. The number of nitrogens with zero attached hydrogens (tertiary/aromatic N) is 1. The zero-order valence-corrected chi connectivity index (χ0v) is 8.30. The second-order valence-electron chi connectivity index (χ2n) is 3.84. The first-order chi connectivity index (χ1) is 6.83. The van der Waals surface area contributed by atoms with Gasteiger partial charge in [-0.05, 0) is 7.05 Å². The van der Waals surface area contributed by atoms with Gasteiger partial charge in [-0.15, -0.1) is 0 Å². The average molecular weight is 192 g/mol. The molecule has 3 nitrogen and oxygen atoms in total. The highest BCUT2D eigenvalue weighted by molar-refractivity contribution is 5.67. The van der Waals surface area contributed by atoms with Crippen molar-refractivity contribution in [2.45, 2.75) is 12.1 Å². The van der Waals surface area contributed by atoms with E-state index in [0.29, 0.717) is 12.5 Å². The predicted molar refractivity (Wildman–Crippen MR) is 57.5 cm³/mol. The van der Waals surface area contributed by atoms with Gasteiger partial charge in [-0.3, -0.25) is 4.99 Å². The Hall–Kier alpha value is -0.930. The lowest BCUT2D eigenvalue weighted by atomic mass is 9.84. The smallest absolute Gasteiger partial charge is 0.0749 e. The number of aliphatic imine (C=N–C) groups is 1. The van der Waals surface area contributed by atoms with Crippen molar-refractivity contribution in [3.8, 4) is 0 Å². The van der Waals surface area contributed by atoms with Crippen LogP contribution in [0.5, 0.6) is 0 Å². The van der Waals surface area contributed by atoms with Gasteiger partial charge in [-0.1, -0.05) is 24.3 Å². The molecule has 1 aliphatic heterocycles. The molecule has 0 aromatic rings. The third-order valence-electron chi connectivity index (χ3n) is 2.88. The molecule has 76 valence electrons. The maximum atomic E-state index is 9.88. The average Bonchev–Trinajstić information content (AvgIpc) is 2.61. The maximum absolute atomic E-state index is 9.88. The summed E-state index contributed by atoms with van der Waals surface area (Å²) in [6.07, 6.45) is 9.85. The number of nitrogens with one attached hydrogen (secondary N) is 1. The van der Waals surface area contributed by atoms with Crippen LogP contribution in [0.3, 0.4) is 0 Å². The van der Waals surface area contributed by atoms with Crippen LogP contribution in [0.4, 0.5) is 0 Å². The van der Waals surface area contributed by atoms with Crippen LogP contribution in [-0.2, 0) is 0 Å². The summed E-state index contributed by atoms with van der Waals surface area (Å²) in [5.41, 5.74) is 0. The molecule has 3 heteroatoms. The molecule has 0 aromatic heterocycles. The van der Waals surface area contributed by atoms with E-state index in [2.05, 4.69) is 22.5 Å². The number of hydrogen-bond acceptors (Lipinski definition) is 3. The number of hydrogen-bond donors (Lipinski definition) is 2. The minimum absolute atomic E-state index is 0.161. The predicted octanol–water partition coefficient (Wildman–Crippen LogP) is 0.378. The van der Waals surface area contributed by atoms with Crippen LogP contribution in [0.25, 0.3) is 0 Å². The molecule has 0 bridgehead atoms. The molecule has 0 spiro atoms. The number of allylic oxidation sites excluding steroid dienone is 2. The normalized spacial score (nSPS) is 36.0. The van der Waals surface area contributed by atoms with E-state index >= 15 is 0 Å². The number of likely N-dealkylation sites (N-methyl/N-ethyl adjacent to an activating group) is 1. The number of aliphatic hydroxyl groups is 1. The molecule has 4 unspecified atom stereocenters. The molecule has 0 fully saturated rings. The van der Waals surface area contributed by atoms with Gasteiger partial charge >= 0.3 is 0 Å². The van der Waals surface area contributed by atoms with Crippen LogP contribution in [0.15, 0.2) is 29.3 Å². The van der Waals surface area contributed by atoms with Gasteiger partial charge in [-0.2, -0.15) is 0 Å². The van der Waals surface area contributed by atoms with E-state index < -0.39 is 0 Å². The summed E-state index contributed by atoms with van der Waals surface area (Å²) in [6.45, 7) is 0.622. The number of aliphatic hydroxyl groups excluding tert-OH is 1. The van der Waals surface area contributed by atoms with Gasteiger partial charge in [-0.25, -0.2) is 0 Å². The Bertz CT molecular complexity index is 283. The Morgan fingerprint density at radius 3 is 3.00 bits per heavy atom. The summed E-state index contributed by atoms with van der Waals surface area (Å²) in [5.74, 6) is 0.511. The van der Waals surface area contributed by atoms with Crippen LogP contribution in [0, 0.1) is 11.8 Å². The summed E-state index contributed by atoms with van der Waals surface area (Å²) >= 11 is 0. The van der Waals surface area contributed by atoms with Crippen LogP contribution >= 0.6 is 0 Å².